The number of rotatable bonds is 9. The monoisotopic (exact) mass is 441 g/mol. The second-order valence-electron chi connectivity index (χ2n) is 6.76. The van der Waals surface area contributed by atoms with Gasteiger partial charge >= 0.3 is 0 Å². The fourth-order valence-corrected chi connectivity index (χ4v) is 4.04. The summed E-state index contributed by atoms with van der Waals surface area (Å²) in [5.41, 5.74) is 2.30. The van der Waals surface area contributed by atoms with E-state index in [1.54, 1.807) is 30.4 Å². The average molecular weight is 442 g/mol. The number of benzene rings is 2. The van der Waals surface area contributed by atoms with E-state index in [1.165, 1.54) is 12.1 Å². The fraction of sp³-hybridized carbons (Fsp3) is 0.250. The number of carbonyl (C=O) groups is 2. The van der Waals surface area contributed by atoms with Gasteiger partial charge in [-0.15, -0.1) is 6.58 Å². The summed E-state index contributed by atoms with van der Waals surface area (Å²) in [6, 6.07) is 9.44. The molecule has 162 valence electrons. The van der Waals surface area contributed by atoms with Crippen LogP contribution in [0.2, 0.25) is 0 Å². The van der Waals surface area contributed by atoms with Crippen molar-refractivity contribution in [2.24, 2.45) is 0 Å². The van der Waals surface area contributed by atoms with E-state index < -0.39 is 0 Å². The number of hydrogen-bond donors (Lipinski definition) is 0. The Morgan fingerprint density at radius 3 is 2.45 bits per heavy atom. The van der Waals surface area contributed by atoms with Gasteiger partial charge in [0.05, 0.1) is 24.7 Å². The van der Waals surface area contributed by atoms with Crippen molar-refractivity contribution in [2.75, 3.05) is 13.2 Å². The molecule has 0 N–H and O–H groups in total. The van der Waals surface area contributed by atoms with E-state index in [0.717, 1.165) is 27.8 Å². The van der Waals surface area contributed by atoms with Gasteiger partial charge in [-0.25, -0.2) is 4.39 Å². The highest BCUT2D eigenvalue weighted by Gasteiger charge is 2.35. The number of imide groups is 1. The predicted octanol–water partition coefficient (Wildman–Crippen LogP) is 5.59. The molecule has 31 heavy (non-hydrogen) atoms. The van der Waals surface area contributed by atoms with E-state index in [9.17, 15) is 14.0 Å². The highest BCUT2D eigenvalue weighted by Crippen LogP contribution is 2.37. The molecule has 2 aromatic carbocycles. The van der Waals surface area contributed by atoms with E-state index in [2.05, 4.69) is 6.58 Å². The van der Waals surface area contributed by atoms with E-state index in [0.29, 0.717) is 41.6 Å². The topological polar surface area (TPSA) is 55.8 Å². The van der Waals surface area contributed by atoms with Crippen molar-refractivity contribution in [1.29, 1.82) is 0 Å². The fourth-order valence-electron chi connectivity index (χ4n) is 3.20. The molecule has 1 saturated heterocycles. The molecule has 0 atom stereocenters. The van der Waals surface area contributed by atoms with E-state index in [-0.39, 0.29) is 23.5 Å². The Kier molecular flexibility index (Phi) is 7.52. The maximum absolute atomic E-state index is 13.1. The first-order valence-corrected chi connectivity index (χ1v) is 10.8. The molecule has 0 bridgehead atoms. The standard InChI is InChI=1S/C24H24FNO4S/c1-4-7-18-12-17(13-20(29-5-2)22(18)30-6-3)14-21-23(27)26(24(28)31-21)15-16-8-10-19(25)11-9-16/h4,8-14H,1,5-7,15H2,2-3H3/b21-14-. The molecule has 0 aliphatic carbocycles. The van der Waals surface area contributed by atoms with Crippen molar-refractivity contribution in [3.05, 3.63) is 76.5 Å². The summed E-state index contributed by atoms with van der Waals surface area (Å²) in [7, 11) is 0. The summed E-state index contributed by atoms with van der Waals surface area (Å²) in [5.74, 6) is 0.497. The van der Waals surface area contributed by atoms with Gasteiger partial charge < -0.3 is 9.47 Å². The van der Waals surface area contributed by atoms with Crippen LogP contribution in [0.25, 0.3) is 6.08 Å². The van der Waals surface area contributed by atoms with Crippen LogP contribution in [0.1, 0.15) is 30.5 Å². The Bertz CT molecular complexity index is 1020. The lowest BCUT2D eigenvalue weighted by Crippen LogP contribution is -2.27. The summed E-state index contributed by atoms with van der Waals surface area (Å²) in [4.78, 5) is 26.8. The number of ether oxygens (including phenoxy) is 2. The average Bonchev–Trinajstić information content (AvgIpc) is 3.00. The van der Waals surface area contributed by atoms with Gasteiger partial charge in [0.15, 0.2) is 11.5 Å². The number of amides is 2. The first-order chi connectivity index (χ1) is 15.0. The van der Waals surface area contributed by atoms with Crippen LogP contribution in [0.4, 0.5) is 9.18 Å². The minimum absolute atomic E-state index is 0.0947. The van der Waals surface area contributed by atoms with Crippen molar-refractivity contribution < 1.29 is 23.5 Å². The Balaban J connectivity index is 1.91. The van der Waals surface area contributed by atoms with Crippen LogP contribution in [0, 0.1) is 5.82 Å². The van der Waals surface area contributed by atoms with E-state index in [4.69, 9.17) is 9.47 Å². The minimum atomic E-state index is -0.378. The lowest BCUT2D eigenvalue weighted by molar-refractivity contribution is -0.123. The summed E-state index contributed by atoms with van der Waals surface area (Å²) in [5, 5.41) is -0.358. The van der Waals surface area contributed by atoms with Crippen molar-refractivity contribution in [3.8, 4) is 11.5 Å². The molecule has 1 heterocycles. The molecule has 0 radical (unpaired) electrons. The number of hydrogen-bond acceptors (Lipinski definition) is 5. The maximum Gasteiger partial charge on any atom is 0.293 e. The molecule has 1 aliphatic heterocycles. The summed E-state index contributed by atoms with van der Waals surface area (Å²) < 4.78 is 24.6. The van der Waals surface area contributed by atoms with Crippen molar-refractivity contribution in [2.45, 2.75) is 26.8 Å². The Labute approximate surface area is 185 Å². The molecule has 0 aromatic heterocycles. The lowest BCUT2D eigenvalue weighted by atomic mass is 10.0. The van der Waals surface area contributed by atoms with E-state index in [1.807, 2.05) is 19.9 Å². The van der Waals surface area contributed by atoms with Crippen molar-refractivity contribution in [3.63, 3.8) is 0 Å². The molecular formula is C24H24FNO4S. The van der Waals surface area contributed by atoms with Crippen molar-refractivity contribution in [1.82, 2.24) is 4.90 Å². The van der Waals surface area contributed by atoms with Crippen LogP contribution in [-0.4, -0.2) is 29.3 Å². The van der Waals surface area contributed by atoms with Crippen LogP contribution in [0.5, 0.6) is 11.5 Å². The summed E-state index contributed by atoms with van der Waals surface area (Å²) >= 11 is 0.884. The zero-order valence-electron chi connectivity index (χ0n) is 17.5. The zero-order valence-corrected chi connectivity index (χ0v) is 18.3. The third kappa shape index (κ3) is 5.35. The maximum atomic E-state index is 13.1. The van der Waals surface area contributed by atoms with Gasteiger partial charge in [0, 0.05) is 5.56 Å². The third-order valence-corrected chi connectivity index (χ3v) is 5.44. The smallest absolute Gasteiger partial charge is 0.293 e. The zero-order chi connectivity index (χ0) is 22.4. The van der Waals surface area contributed by atoms with E-state index >= 15 is 0 Å². The van der Waals surface area contributed by atoms with Crippen LogP contribution < -0.4 is 9.47 Å². The molecular weight excluding hydrogens is 417 g/mol. The first kappa shape index (κ1) is 22.6. The van der Waals surface area contributed by atoms with Crippen LogP contribution >= 0.6 is 11.8 Å². The second kappa shape index (κ2) is 10.3. The predicted molar refractivity (Wildman–Crippen MR) is 121 cm³/mol. The number of thioether (sulfide) groups is 1. The minimum Gasteiger partial charge on any atom is -0.490 e. The Morgan fingerprint density at radius 1 is 1.10 bits per heavy atom. The Morgan fingerprint density at radius 2 is 1.81 bits per heavy atom. The number of nitrogens with zero attached hydrogens (tertiary/aromatic N) is 1. The van der Waals surface area contributed by atoms with Crippen LogP contribution in [0.15, 0.2) is 54.0 Å². The second-order valence-corrected chi connectivity index (χ2v) is 7.75. The molecule has 0 spiro atoms. The molecule has 1 fully saturated rings. The Hall–Kier alpha value is -3.06. The summed E-state index contributed by atoms with van der Waals surface area (Å²) in [6.07, 6.45) is 4.03. The summed E-state index contributed by atoms with van der Waals surface area (Å²) in [6.45, 7) is 8.63. The number of halogens is 1. The number of carbonyl (C=O) groups excluding carboxylic acids is 2. The van der Waals surface area contributed by atoms with Gasteiger partial charge in [0.25, 0.3) is 11.1 Å². The molecule has 3 rings (SSSR count). The van der Waals surface area contributed by atoms with Gasteiger partial charge in [-0.1, -0.05) is 18.2 Å². The van der Waals surface area contributed by atoms with Gasteiger partial charge in [0.1, 0.15) is 5.82 Å². The van der Waals surface area contributed by atoms with Crippen molar-refractivity contribution >= 4 is 29.0 Å². The van der Waals surface area contributed by atoms with Crippen LogP contribution in [0.3, 0.4) is 0 Å². The molecule has 2 aromatic rings. The lowest BCUT2D eigenvalue weighted by Gasteiger charge is -2.16. The van der Waals surface area contributed by atoms with Gasteiger partial charge in [-0.3, -0.25) is 14.5 Å². The largest absolute Gasteiger partial charge is 0.490 e. The molecule has 0 unspecified atom stereocenters. The van der Waals surface area contributed by atoms with Gasteiger partial charge in [-0.05, 0) is 73.5 Å². The van der Waals surface area contributed by atoms with Gasteiger partial charge in [-0.2, -0.15) is 0 Å². The highest BCUT2D eigenvalue weighted by atomic mass is 32.2. The molecule has 1 aliphatic rings. The molecule has 5 nitrogen and oxygen atoms in total. The quantitative estimate of drug-likeness (QED) is 0.375. The third-order valence-electron chi connectivity index (χ3n) is 4.53. The molecule has 0 saturated carbocycles. The normalized spacial score (nSPS) is 14.9. The first-order valence-electron chi connectivity index (χ1n) is 10.00. The number of allylic oxidation sites excluding steroid dienone is 1. The molecule has 2 amide bonds. The van der Waals surface area contributed by atoms with Gasteiger partial charge in [0.2, 0.25) is 0 Å². The molecule has 7 heteroatoms. The highest BCUT2D eigenvalue weighted by molar-refractivity contribution is 8.18. The SMILES string of the molecule is C=CCc1cc(/C=C2\SC(=O)N(Cc3ccc(F)cc3)C2=O)cc(OCC)c1OCC. The van der Waals surface area contributed by atoms with Crippen LogP contribution in [-0.2, 0) is 17.8 Å².